The molecule has 0 radical (unpaired) electrons. The predicted octanol–water partition coefficient (Wildman–Crippen LogP) is 5.14. The van der Waals surface area contributed by atoms with E-state index in [1.807, 2.05) is 12.1 Å². The molecule has 1 fully saturated rings. The maximum Gasteiger partial charge on any atom is 0.343 e. The Bertz CT molecular complexity index is 1500. The highest BCUT2D eigenvalue weighted by Gasteiger charge is 2.30. The SMILES string of the molecule is O=C(O)c1ccc(S(=O)(=O)Cc2c(Cc3c(O)c4c(oc3=O)CCCCCC4)cccc2C2CC2)cc1. The number of fused-ring (bicyclic) bond motifs is 1. The molecule has 5 rings (SSSR count). The van der Waals surface area contributed by atoms with Gasteiger partial charge in [-0.1, -0.05) is 31.0 Å². The molecule has 0 unspecified atom stereocenters. The lowest BCUT2D eigenvalue weighted by Gasteiger charge is -2.18. The second kappa shape index (κ2) is 10.2. The highest BCUT2D eigenvalue weighted by atomic mass is 32.2. The Labute approximate surface area is 215 Å². The van der Waals surface area contributed by atoms with Gasteiger partial charge in [-0.25, -0.2) is 18.0 Å². The fourth-order valence-electron chi connectivity index (χ4n) is 5.24. The molecule has 2 aliphatic rings. The highest BCUT2D eigenvalue weighted by Crippen LogP contribution is 2.43. The van der Waals surface area contributed by atoms with Crippen molar-refractivity contribution in [2.24, 2.45) is 0 Å². The average molecular weight is 523 g/mol. The summed E-state index contributed by atoms with van der Waals surface area (Å²) in [5, 5.41) is 20.3. The molecule has 1 aromatic heterocycles. The summed E-state index contributed by atoms with van der Waals surface area (Å²) >= 11 is 0. The van der Waals surface area contributed by atoms with Gasteiger partial charge in [-0.15, -0.1) is 0 Å². The molecule has 8 heteroatoms. The van der Waals surface area contributed by atoms with Crippen LogP contribution < -0.4 is 5.63 Å². The molecular formula is C29H30O7S. The molecule has 0 spiro atoms. The standard InChI is InChI=1S/C29H30O7S/c30-27-23-7-3-1-2-4-9-26(23)36-29(33)24(27)16-20-6-5-8-22(18-10-11-18)25(20)17-37(34,35)21-14-12-19(13-15-21)28(31)32/h5-6,8,12-15,18,30H,1-4,7,9-11,16-17H2,(H,31,32). The fraction of sp³-hybridized carbons (Fsp3) is 0.379. The first kappa shape index (κ1) is 25.3. The summed E-state index contributed by atoms with van der Waals surface area (Å²) in [7, 11) is -3.80. The summed E-state index contributed by atoms with van der Waals surface area (Å²) in [6.07, 6.45) is 7.23. The van der Waals surface area contributed by atoms with Crippen LogP contribution in [0.4, 0.5) is 0 Å². The first-order valence-electron chi connectivity index (χ1n) is 12.8. The van der Waals surface area contributed by atoms with E-state index in [1.165, 1.54) is 24.3 Å². The van der Waals surface area contributed by atoms with Crippen LogP contribution in [0.2, 0.25) is 0 Å². The lowest BCUT2D eigenvalue weighted by Crippen LogP contribution is -2.16. The lowest BCUT2D eigenvalue weighted by atomic mass is 9.92. The van der Waals surface area contributed by atoms with Gasteiger partial charge >= 0.3 is 11.6 Å². The largest absolute Gasteiger partial charge is 0.507 e. The summed E-state index contributed by atoms with van der Waals surface area (Å²) < 4.78 is 32.5. The van der Waals surface area contributed by atoms with Gasteiger partial charge in [-0.05, 0) is 79.0 Å². The molecule has 2 N–H and O–H groups in total. The molecule has 194 valence electrons. The van der Waals surface area contributed by atoms with Crippen LogP contribution in [-0.4, -0.2) is 24.6 Å². The van der Waals surface area contributed by atoms with Gasteiger partial charge in [0.2, 0.25) is 0 Å². The summed E-state index contributed by atoms with van der Waals surface area (Å²) in [5.74, 6) is -0.604. The van der Waals surface area contributed by atoms with E-state index in [9.17, 15) is 23.1 Å². The number of rotatable bonds is 7. The number of aromatic hydroxyl groups is 1. The number of aromatic carboxylic acids is 1. The van der Waals surface area contributed by atoms with Crippen LogP contribution in [0.25, 0.3) is 0 Å². The van der Waals surface area contributed by atoms with E-state index in [1.54, 1.807) is 6.07 Å². The normalized spacial score (nSPS) is 16.0. The molecule has 0 atom stereocenters. The Morgan fingerprint density at radius 1 is 0.946 bits per heavy atom. The second-order valence-corrected chi connectivity index (χ2v) is 12.0. The Hall–Kier alpha value is -3.39. The minimum Gasteiger partial charge on any atom is -0.507 e. The number of carbonyl (C=O) groups is 1. The van der Waals surface area contributed by atoms with E-state index in [0.29, 0.717) is 35.3 Å². The minimum atomic E-state index is -3.80. The lowest BCUT2D eigenvalue weighted by molar-refractivity contribution is 0.0696. The van der Waals surface area contributed by atoms with Gasteiger partial charge in [0.05, 0.1) is 21.8 Å². The number of carboxylic acid groups (broad SMARTS) is 1. The molecule has 0 aliphatic heterocycles. The van der Waals surface area contributed by atoms with E-state index >= 15 is 0 Å². The molecule has 0 amide bonds. The van der Waals surface area contributed by atoms with Crippen molar-refractivity contribution in [2.45, 2.75) is 74.4 Å². The maximum absolute atomic E-state index is 13.4. The number of sulfone groups is 1. The molecule has 3 aromatic rings. The monoisotopic (exact) mass is 522 g/mol. The number of hydrogen-bond acceptors (Lipinski definition) is 6. The average Bonchev–Trinajstić information content (AvgIpc) is 3.69. The summed E-state index contributed by atoms with van der Waals surface area (Å²) in [5.41, 5.74) is 2.54. The zero-order chi connectivity index (χ0) is 26.2. The molecule has 7 nitrogen and oxygen atoms in total. The fourth-order valence-corrected chi connectivity index (χ4v) is 6.69. The van der Waals surface area contributed by atoms with Crippen LogP contribution in [0.15, 0.2) is 56.6 Å². The third-order valence-corrected chi connectivity index (χ3v) is 9.10. The van der Waals surface area contributed by atoms with Gasteiger partial charge < -0.3 is 14.6 Å². The van der Waals surface area contributed by atoms with Gasteiger partial charge in [0.1, 0.15) is 11.5 Å². The van der Waals surface area contributed by atoms with E-state index in [-0.39, 0.29) is 39.9 Å². The van der Waals surface area contributed by atoms with Crippen molar-refractivity contribution in [1.82, 2.24) is 0 Å². The van der Waals surface area contributed by atoms with Gasteiger partial charge in [-0.3, -0.25) is 0 Å². The van der Waals surface area contributed by atoms with Crippen molar-refractivity contribution >= 4 is 15.8 Å². The second-order valence-electron chi connectivity index (χ2n) is 10.1. The molecular weight excluding hydrogens is 492 g/mol. The van der Waals surface area contributed by atoms with Crippen LogP contribution >= 0.6 is 0 Å². The Kier molecular flexibility index (Phi) is 6.94. The smallest absolute Gasteiger partial charge is 0.343 e. The van der Waals surface area contributed by atoms with Crippen molar-refractivity contribution in [3.05, 3.63) is 92.0 Å². The predicted molar refractivity (Wildman–Crippen MR) is 138 cm³/mol. The third kappa shape index (κ3) is 5.34. The van der Waals surface area contributed by atoms with E-state index < -0.39 is 21.4 Å². The van der Waals surface area contributed by atoms with Gasteiger partial charge in [0.25, 0.3) is 0 Å². The molecule has 1 heterocycles. The van der Waals surface area contributed by atoms with Crippen LogP contribution in [0.1, 0.15) is 88.4 Å². The summed E-state index contributed by atoms with van der Waals surface area (Å²) in [4.78, 5) is 24.2. The third-order valence-electron chi connectivity index (χ3n) is 7.44. The van der Waals surface area contributed by atoms with Crippen LogP contribution in [0.5, 0.6) is 5.75 Å². The van der Waals surface area contributed by atoms with Crippen molar-refractivity contribution < 1.29 is 27.8 Å². The quantitative estimate of drug-likeness (QED) is 0.440. The first-order valence-corrected chi connectivity index (χ1v) is 14.4. The van der Waals surface area contributed by atoms with Crippen LogP contribution in [-0.2, 0) is 34.9 Å². The number of hydrogen-bond donors (Lipinski definition) is 2. The zero-order valence-corrected chi connectivity index (χ0v) is 21.4. The van der Waals surface area contributed by atoms with Crippen LogP contribution in [0.3, 0.4) is 0 Å². The number of aryl methyl sites for hydroxylation is 1. The molecule has 2 aromatic carbocycles. The van der Waals surface area contributed by atoms with Crippen LogP contribution in [0, 0.1) is 0 Å². The van der Waals surface area contributed by atoms with E-state index in [2.05, 4.69) is 0 Å². The van der Waals surface area contributed by atoms with Gasteiger partial charge in [0, 0.05) is 18.4 Å². The molecule has 2 aliphatic carbocycles. The van der Waals surface area contributed by atoms with Crippen molar-refractivity contribution in [1.29, 1.82) is 0 Å². The summed E-state index contributed by atoms with van der Waals surface area (Å²) in [6, 6.07) is 10.8. The molecule has 37 heavy (non-hydrogen) atoms. The Morgan fingerprint density at radius 2 is 1.65 bits per heavy atom. The molecule has 0 saturated heterocycles. The molecule has 0 bridgehead atoms. The Morgan fingerprint density at radius 3 is 2.32 bits per heavy atom. The maximum atomic E-state index is 13.4. The topological polar surface area (TPSA) is 122 Å². The van der Waals surface area contributed by atoms with Gasteiger partial charge in [0.15, 0.2) is 9.84 Å². The van der Waals surface area contributed by atoms with Crippen molar-refractivity contribution in [3.8, 4) is 5.75 Å². The van der Waals surface area contributed by atoms with Gasteiger partial charge in [-0.2, -0.15) is 0 Å². The van der Waals surface area contributed by atoms with E-state index in [4.69, 9.17) is 9.52 Å². The van der Waals surface area contributed by atoms with Crippen molar-refractivity contribution in [2.75, 3.05) is 0 Å². The first-order chi connectivity index (χ1) is 17.7. The summed E-state index contributed by atoms with van der Waals surface area (Å²) in [6.45, 7) is 0. The number of benzene rings is 2. The Balaban J connectivity index is 1.53. The highest BCUT2D eigenvalue weighted by molar-refractivity contribution is 7.90. The van der Waals surface area contributed by atoms with E-state index in [0.717, 1.165) is 44.1 Å². The number of carboxylic acids is 1. The zero-order valence-electron chi connectivity index (χ0n) is 20.5. The minimum absolute atomic E-state index is 0.0131. The van der Waals surface area contributed by atoms with Crippen molar-refractivity contribution in [3.63, 3.8) is 0 Å². The molecule has 1 saturated carbocycles.